The molecule has 0 heterocycles. The van der Waals surface area contributed by atoms with Crippen molar-refractivity contribution in [2.24, 2.45) is 0 Å². The molecule has 1 aliphatic carbocycles. The molecular weight excluding hydrogens is 331 g/mol. The van der Waals surface area contributed by atoms with Crippen molar-refractivity contribution < 1.29 is 9.18 Å². The number of halogens is 2. The Morgan fingerprint density at radius 3 is 2.86 bits per heavy atom. The highest BCUT2D eigenvalue weighted by atomic mass is 79.9. The molecule has 3 rings (SSSR count). The minimum absolute atomic E-state index is 0.0214. The van der Waals surface area contributed by atoms with Gasteiger partial charge in [0.1, 0.15) is 11.6 Å². The number of Topliss-reactive ketones (excluding diaryl/α,β-unsaturated/α-hetero) is 1. The van der Waals surface area contributed by atoms with E-state index in [1.807, 2.05) is 12.1 Å². The van der Waals surface area contributed by atoms with Gasteiger partial charge in [-0.2, -0.15) is 0 Å². The van der Waals surface area contributed by atoms with Gasteiger partial charge in [-0.15, -0.1) is 0 Å². The number of carbonyl (C=O) groups is 1. The molecule has 0 aliphatic heterocycles. The lowest BCUT2D eigenvalue weighted by Crippen LogP contribution is -2.20. The van der Waals surface area contributed by atoms with Gasteiger partial charge in [0.05, 0.1) is 0 Å². The summed E-state index contributed by atoms with van der Waals surface area (Å²) in [6.07, 6.45) is 3.37. The summed E-state index contributed by atoms with van der Waals surface area (Å²) < 4.78 is 13.8. The second-order valence-corrected chi connectivity index (χ2v) is 6.38. The average molecular weight is 347 g/mol. The second-order valence-electron chi connectivity index (χ2n) is 5.52. The first-order chi connectivity index (χ1) is 10.1. The third-order valence-electron chi connectivity index (χ3n) is 4.14. The molecule has 1 unspecified atom stereocenters. The molecule has 0 saturated heterocycles. The molecule has 0 amide bonds. The highest BCUT2D eigenvalue weighted by Crippen LogP contribution is 2.33. The fraction of sp³-hybridized carbons (Fsp3) is 0.278. The molecule has 1 nitrogen and oxygen atoms in total. The van der Waals surface area contributed by atoms with E-state index in [4.69, 9.17) is 0 Å². The van der Waals surface area contributed by atoms with Crippen LogP contribution < -0.4 is 0 Å². The Kier molecular flexibility index (Phi) is 4.20. The van der Waals surface area contributed by atoms with E-state index in [-0.39, 0.29) is 17.5 Å². The van der Waals surface area contributed by atoms with Gasteiger partial charge in [-0.05, 0) is 48.1 Å². The number of hydrogen-bond acceptors (Lipinski definition) is 1. The number of fused-ring (bicyclic) bond motifs is 1. The van der Waals surface area contributed by atoms with Gasteiger partial charge in [0.15, 0.2) is 0 Å². The van der Waals surface area contributed by atoms with Gasteiger partial charge >= 0.3 is 0 Å². The lowest BCUT2D eigenvalue weighted by atomic mass is 9.79. The number of rotatable bonds is 3. The summed E-state index contributed by atoms with van der Waals surface area (Å²) in [6, 6.07) is 12.7. The largest absolute Gasteiger partial charge is 0.299 e. The van der Waals surface area contributed by atoms with Crippen molar-refractivity contribution in [2.45, 2.75) is 31.6 Å². The SMILES string of the molecule is O=C(Cc1ccc(F)cc1Br)C1CCCc2ccccc21. The fourth-order valence-corrected chi connectivity index (χ4v) is 3.56. The maximum Gasteiger partial charge on any atom is 0.144 e. The van der Waals surface area contributed by atoms with Gasteiger partial charge in [-0.25, -0.2) is 4.39 Å². The third kappa shape index (κ3) is 3.08. The minimum Gasteiger partial charge on any atom is -0.299 e. The van der Waals surface area contributed by atoms with Crippen LogP contribution in [0.5, 0.6) is 0 Å². The third-order valence-corrected chi connectivity index (χ3v) is 4.88. The van der Waals surface area contributed by atoms with Crippen LogP contribution in [0.2, 0.25) is 0 Å². The van der Waals surface area contributed by atoms with Gasteiger partial charge in [0.2, 0.25) is 0 Å². The minimum atomic E-state index is -0.291. The molecule has 1 atom stereocenters. The van der Waals surface area contributed by atoms with Crippen molar-refractivity contribution in [3.05, 3.63) is 69.4 Å². The summed E-state index contributed by atoms with van der Waals surface area (Å²) in [5, 5.41) is 0. The van der Waals surface area contributed by atoms with Gasteiger partial charge in [-0.3, -0.25) is 4.79 Å². The van der Waals surface area contributed by atoms with Crippen molar-refractivity contribution in [1.82, 2.24) is 0 Å². The first kappa shape index (κ1) is 14.5. The summed E-state index contributed by atoms with van der Waals surface area (Å²) >= 11 is 3.34. The van der Waals surface area contributed by atoms with Crippen LogP contribution in [0.4, 0.5) is 4.39 Å². The number of aryl methyl sites for hydroxylation is 1. The van der Waals surface area contributed by atoms with Crippen LogP contribution in [-0.4, -0.2) is 5.78 Å². The highest BCUT2D eigenvalue weighted by Gasteiger charge is 2.26. The van der Waals surface area contributed by atoms with E-state index in [9.17, 15) is 9.18 Å². The van der Waals surface area contributed by atoms with Crippen LogP contribution in [-0.2, 0) is 17.6 Å². The average Bonchev–Trinajstić information content (AvgIpc) is 2.49. The van der Waals surface area contributed by atoms with Crippen LogP contribution >= 0.6 is 15.9 Å². The predicted molar refractivity (Wildman–Crippen MR) is 84.9 cm³/mol. The summed E-state index contributed by atoms with van der Waals surface area (Å²) in [5.41, 5.74) is 3.32. The van der Waals surface area contributed by atoms with E-state index >= 15 is 0 Å². The van der Waals surface area contributed by atoms with Crippen molar-refractivity contribution in [1.29, 1.82) is 0 Å². The van der Waals surface area contributed by atoms with E-state index in [0.717, 1.165) is 24.8 Å². The molecule has 21 heavy (non-hydrogen) atoms. The molecule has 2 aromatic carbocycles. The monoisotopic (exact) mass is 346 g/mol. The topological polar surface area (TPSA) is 17.1 Å². The van der Waals surface area contributed by atoms with Crippen LogP contribution in [0, 0.1) is 5.82 Å². The number of benzene rings is 2. The molecule has 0 fully saturated rings. The zero-order chi connectivity index (χ0) is 14.8. The number of hydrogen-bond donors (Lipinski definition) is 0. The van der Waals surface area contributed by atoms with Crippen molar-refractivity contribution >= 4 is 21.7 Å². The van der Waals surface area contributed by atoms with Crippen molar-refractivity contribution in [3.8, 4) is 0 Å². The van der Waals surface area contributed by atoms with E-state index in [0.29, 0.717) is 10.9 Å². The Balaban J connectivity index is 1.83. The highest BCUT2D eigenvalue weighted by molar-refractivity contribution is 9.10. The maximum atomic E-state index is 13.1. The second kappa shape index (κ2) is 6.10. The first-order valence-corrected chi connectivity index (χ1v) is 7.99. The number of carbonyl (C=O) groups excluding carboxylic acids is 1. The van der Waals surface area contributed by atoms with Crippen LogP contribution in [0.15, 0.2) is 46.9 Å². The molecule has 2 aromatic rings. The maximum absolute atomic E-state index is 13.1. The Labute approximate surface area is 132 Å². The smallest absolute Gasteiger partial charge is 0.144 e. The Bertz CT molecular complexity index is 681. The van der Waals surface area contributed by atoms with Crippen LogP contribution in [0.25, 0.3) is 0 Å². The summed E-state index contributed by atoms with van der Waals surface area (Å²) in [4.78, 5) is 12.7. The molecule has 0 aromatic heterocycles. The van der Waals surface area contributed by atoms with Crippen LogP contribution in [0.1, 0.15) is 35.4 Å². The molecule has 0 radical (unpaired) electrons. The molecule has 0 bridgehead atoms. The normalized spacial score (nSPS) is 17.3. The lowest BCUT2D eigenvalue weighted by Gasteiger charge is -2.24. The van der Waals surface area contributed by atoms with E-state index in [2.05, 4.69) is 28.1 Å². The molecule has 0 spiro atoms. The van der Waals surface area contributed by atoms with E-state index in [1.54, 1.807) is 6.07 Å². The molecule has 1 aliphatic rings. The first-order valence-electron chi connectivity index (χ1n) is 7.19. The van der Waals surface area contributed by atoms with Gasteiger partial charge in [0.25, 0.3) is 0 Å². The molecule has 0 saturated carbocycles. The summed E-state index contributed by atoms with van der Waals surface area (Å²) in [5.74, 6) is -0.0950. The summed E-state index contributed by atoms with van der Waals surface area (Å²) in [7, 11) is 0. The standard InChI is InChI=1S/C18H16BrFO/c19-17-11-14(20)9-8-13(17)10-18(21)16-7-3-5-12-4-1-2-6-15(12)16/h1-2,4,6,8-9,11,16H,3,5,7,10H2. The van der Waals surface area contributed by atoms with E-state index < -0.39 is 0 Å². The van der Waals surface area contributed by atoms with E-state index in [1.165, 1.54) is 23.3 Å². The molecule has 0 N–H and O–H groups in total. The van der Waals surface area contributed by atoms with Gasteiger partial charge in [-0.1, -0.05) is 46.3 Å². The van der Waals surface area contributed by atoms with Crippen molar-refractivity contribution in [3.63, 3.8) is 0 Å². The fourth-order valence-electron chi connectivity index (χ4n) is 3.06. The van der Waals surface area contributed by atoms with Gasteiger partial charge < -0.3 is 0 Å². The zero-order valence-corrected chi connectivity index (χ0v) is 13.2. The quantitative estimate of drug-likeness (QED) is 0.778. The Morgan fingerprint density at radius 2 is 2.05 bits per heavy atom. The lowest BCUT2D eigenvalue weighted by molar-refractivity contribution is -0.120. The van der Waals surface area contributed by atoms with Gasteiger partial charge in [0, 0.05) is 16.8 Å². The van der Waals surface area contributed by atoms with Crippen molar-refractivity contribution in [2.75, 3.05) is 0 Å². The van der Waals surface area contributed by atoms with Crippen LogP contribution in [0.3, 0.4) is 0 Å². The number of ketones is 1. The summed E-state index contributed by atoms with van der Waals surface area (Å²) in [6.45, 7) is 0. The Hall–Kier alpha value is -1.48. The predicted octanol–water partition coefficient (Wildman–Crippen LogP) is 4.82. The zero-order valence-electron chi connectivity index (χ0n) is 11.6. The molecular formula is C18H16BrFO. The Morgan fingerprint density at radius 1 is 1.24 bits per heavy atom. The molecule has 108 valence electrons. The molecule has 3 heteroatoms.